The Morgan fingerprint density at radius 2 is 1.87 bits per heavy atom. The maximum Gasteiger partial charge on any atom is 0.216 e. The van der Waals surface area contributed by atoms with Gasteiger partial charge >= 0.3 is 0 Å². The lowest BCUT2D eigenvalue weighted by Crippen LogP contribution is -2.38. The Morgan fingerprint density at radius 1 is 1.13 bits per heavy atom. The fourth-order valence-corrected chi connectivity index (χ4v) is 2.88. The largest absolute Gasteiger partial charge is 0.490 e. The summed E-state index contributed by atoms with van der Waals surface area (Å²) in [6, 6.07) is 3.74. The molecule has 0 aliphatic heterocycles. The first-order valence-corrected chi connectivity index (χ1v) is 8.38. The zero-order valence-electron chi connectivity index (χ0n) is 14.7. The minimum Gasteiger partial charge on any atom is -0.490 e. The summed E-state index contributed by atoms with van der Waals surface area (Å²) in [5.41, 5.74) is 0. The second-order valence-electron chi connectivity index (χ2n) is 6.61. The molecule has 0 bridgehead atoms. The minimum atomic E-state index is 0.240. The van der Waals surface area contributed by atoms with Crippen LogP contribution in [0, 0.1) is 11.8 Å². The molecular formula is C18H29NO4. The molecule has 2 rings (SSSR count). The third kappa shape index (κ3) is 5.99. The normalized spacial score (nSPS) is 23.0. The second-order valence-corrected chi connectivity index (χ2v) is 6.61. The lowest BCUT2D eigenvalue weighted by Gasteiger charge is -2.34. The summed E-state index contributed by atoms with van der Waals surface area (Å²) in [7, 11) is 3.48. The molecule has 0 amide bonds. The summed E-state index contributed by atoms with van der Waals surface area (Å²) in [6.45, 7) is 5.82. The van der Waals surface area contributed by atoms with Gasteiger partial charge in [-0.1, -0.05) is 13.8 Å². The standard InChI is InChI=1S/C18H29NO4/c1-13(11-20-3)7-14(2)12-22-18-10-15(5-6-19-18)23-17-8-16(9-17)21-4/h5-6,10,13-14,16-17H,7-9,11-12H2,1-4H3. The fraction of sp³-hybridized carbons (Fsp3) is 0.722. The van der Waals surface area contributed by atoms with Crippen molar-refractivity contribution in [2.45, 2.75) is 45.3 Å². The van der Waals surface area contributed by atoms with Crippen LogP contribution in [-0.4, -0.2) is 44.6 Å². The van der Waals surface area contributed by atoms with E-state index in [4.69, 9.17) is 18.9 Å². The van der Waals surface area contributed by atoms with Crippen molar-refractivity contribution in [3.8, 4) is 11.6 Å². The van der Waals surface area contributed by atoms with Crippen LogP contribution in [0.15, 0.2) is 18.3 Å². The third-order valence-corrected chi connectivity index (χ3v) is 4.17. The average Bonchev–Trinajstić information content (AvgIpc) is 2.49. The van der Waals surface area contributed by atoms with E-state index < -0.39 is 0 Å². The van der Waals surface area contributed by atoms with Gasteiger partial charge in [-0.3, -0.25) is 0 Å². The Hall–Kier alpha value is -1.33. The van der Waals surface area contributed by atoms with E-state index >= 15 is 0 Å². The van der Waals surface area contributed by atoms with Gasteiger partial charge in [-0.2, -0.15) is 0 Å². The van der Waals surface area contributed by atoms with Gasteiger partial charge in [-0.15, -0.1) is 0 Å². The van der Waals surface area contributed by atoms with Crippen LogP contribution in [0.3, 0.4) is 0 Å². The number of pyridine rings is 1. The molecule has 0 saturated heterocycles. The monoisotopic (exact) mass is 323 g/mol. The van der Waals surface area contributed by atoms with Gasteiger partial charge in [0.25, 0.3) is 0 Å². The van der Waals surface area contributed by atoms with Crippen LogP contribution in [-0.2, 0) is 9.47 Å². The van der Waals surface area contributed by atoms with E-state index in [0.717, 1.165) is 31.6 Å². The van der Waals surface area contributed by atoms with Crippen molar-refractivity contribution in [2.75, 3.05) is 27.4 Å². The first-order chi connectivity index (χ1) is 11.1. The van der Waals surface area contributed by atoms with E-state index in [2.05, 4.69) is 18.8 Å². The maximum atomic E-state index is 5.91. The summed E-state index contributed by atoms with van der Waals surface area (Å²) in [4.78, 5) is 4.26. The van der Waals surface area contributed by atoms with Crippen LogP contribution in [0.25, 0.3) is 0 Å². The number of hydrogen-bond donors (Lipinski definition) is 0. The van der Waals surface area contributed by atoms with Gasteiger partial charge in [0, 0.05) is 45.9 Å². The van der Waals surface area contributed by atoms with Crippen molar-refractivity contribution >= 4 is 0 Å². The molecule has 0 radical (unpaired) electrons. The predicted octanol–water partition coefficient (Wildman–Crippen LogP) is 3.33. The summed E-state index contributed by atoms with van der Waals surface area (Å²) < 4.78 is 22.2. The van der Waals surface area contributed by atoms with Gasteiger partial charge < -0.3 is 18.9 Å². The quantitative estimate of drug-likeness (QED) is 0.661. The summed E-state index contributed by atoms with van der Waals surface area (Å²) in [5.74, 6) is 2.43. The first-order valence-electron chi connectivity index (χ1n) is 8.38. The Bertz CT molecular complexity index is 462. The van der Waals surface area contributed by atoms with Crippen LogP contribution in [0.5, 0.6) is 11.6 Å². The molecule has 1 fully saturated rings. The van der Waals surface area contributed by atoms with Crippen LogP contribution in [0.4, 0.5) is 0 Å². The smallest absolute Gasteiger partial charge is 0.216 e. The Morgan fingerprint density at radius 3 is 2.57 bits per heavy atom. The highest BCUT2D eigenvalue weighted by Crippen LogP contribution is 2.28. The number of aromatic nitrogens is 1. The molecule has 1 aromatic rings. The van der Waals surface area contributed by atoms with Crippen molar-refractivity contribution in [2.24, 2.45) is 11.8 Å². The number of rotatable bonds is 10. The average molecular weight is 323 g/mol. The molecule has 0 N–H and O–H groups in total. The van der Waals surface area contributed by atoms with Gasteiger partial charge in [-0.05, 0) is 24.3 Å². The second kappa shape index (κ2) is 9.08. The van der Waals surface area contributed by atoms with Gasteiger partial charge in [-0.25, -0.2) is 4.98 Å². The SMILES string of the molecule is COCC(C)CC(C)COc1cc(OC2CC(OC)C2)ccn1. The number of nitrogens with zero attached hydrogens (tertiary/aromatic N) is 1. The van der Waals surface area contributed by atoms with Crippen molar-refractivity contribution in [3.05, 3.63) is 18.3 Å². The highest BCUT2D eigenvalue weighted by molar-refractivity contribution is 5.26. The molecule has 5 nitrogen and oxygen atoms in total. The number of ether oxygens (including phenoxy) is 4. The molecule has 0 spiro atoms. The lowest BCUT2D eigenvalue weighted by molar-refractivity contribution is -0.0381. The highest BCUT2D eigenvalue weighted by Gasteiger charge is 2.30. The minimum absolute atomic E-state index is 0.240. The van der Waals surface area contributed by atoms with Crippen molar-refractivity contribution in [3.63, 3.8) is 0 Å². The van der Waals surface area contributed by atoms with Crippen LogP contribution in [0.1, 0.15) is 33.1 Å². The van der Waals surface area contributed by atoms with E-state index in [0.29, 0.717) is 30.4 Å². The molecule has 130 valence electrons. The van der Waals surface area contributed by atoms with Crippen LogP contribution < -0.4 is 9.47 Å². The Balaban J connectivity index is 1.74. The number of hydrogen-bond acceptors (Lipinski definition) is 5. The molecule has 1 aliphatic rings. The zero-order chi connectivity index (χ0) is 16.7. The fourth-order valence-electron chi connectivity index (χ4n) is 2.88. The molecule has 1 saturated carbocycles. The summed E-state index contributed by atoms with van der Waals surface area (Å²) in [6.07, 6.45) is 5.28. The Labute approximate surface area is 139 Å². The van der Waals surface area contributed by atoms with Crippen molar-refractivity contribution < 1.29 is 18.9 Å². The first kappa shape index (κ1) is 18.0. The van der Waals surface area contributed by atoms with Gasteiger partial charge in [0.1, 0.15) is 11.9 Å². The molecule has 23 heavy (non-hydrogen) atoms. The lowest BCUT2D eigenvalue weighted by atomic mass is 9.92. The zero-order valence-corrected chi connectivity index (χ0v) is 14.7. The van der Waals surface area contributed by atoms with Crippen molar-refractivity contribution in [1.82, 2.24) is 4.98 Å². The van der Waals surface area contributed by atoms with Crippen LogP contribution >= 0.6 is 0 Å². The molecule has 1 heterocycles. The topological polar surface area (TPSA) is 49.8 Å². The summed E-state index contributed by atoms with van der Waals surface area (Å²) in [5, 5.41) is 0. The summed E-state index contributed by atoms with van der Waals surface area (Å²) >= 11 is 0. The van der Waals surface area contributed by atoms with Gasteiger partial charge in [0.15, 0.2) is 0 Å². The molecule has 0 aromatic carbocycles. The number of methoxy groups -OCH3 is 2. The molecular weight excluding hydrogens is 294 g/mol. The highest BCUT2D eigenvalue weighted by atomic mass is 16.5. The van der Waals surface area contributed by atoms with Crippen molar-refractivity contribution in [1.29, 1.82) is 0 Å². The van der Waals surface area contributed by atoms with E-state index in [1.54, 1.807) is 20.4 Å². The van der Waals surface area contributed by atoms with E-state index in [1.807, 2.05) is 12.1 Å². The predicted molar refractivity (Wildman–Crippen MR) is 89.0 cm³/mol. The van der Waals surface area contributed by atoms with Gasteiger partial charge in [0.05, 0.1) is 12.7 Å². The molecule has 1 aromatic heterocycles. The van der Waals surface area contributed by atoms with E-state index in [9.17, 15) is 0 Å². The molecule has 2 atom stereocenters. The van der Waals surface area contributed by atoms with Crippen LogP contribution in [0.2, 0.25) is 0 Å². The van der Waals surface area contributed by atoms with E-state index in [-0.39, 0.29) is 6.10 Å². The van der Waals surface area contributed by atoms with Gasteiger partial charge in [0.2, 0.25) is 5.88 Å². The molecule has 5 heteroatoms. The van der Waals surface area contributed by atoms with E-state index in [1.165, 1.54) is 0 Å². The Kier molecular flexibility index (Phi) is 7.12. The molecule has 1 aliphatic carbocycles. The maximum absolute atomic E-state index is 5.91. The third-order valence-electron chi connectivity index (χ3n) is 4.17. The molecule has 2 unspecified atom stereocenters.